The lowest BCUT2D eigenvalue weighted by molar-refractivity contribution is -0.671. The van der Waals surface area contributed by atoms with Crippen LogP contribution in [0.2, 0.25) is 0 Å². The Kier molecular flexibility index (Phi) is 15.7. The summed E-state index contributed by atoms with van der Waals surface area (Å²) in [4.78, 5) is 93.5. The first-order valence-electron chi connectivity index (χ1n) is 18.9. The lowest BCUT2D eigenvalue weighted by atomic mass is 10.0. The highest BCUT2D eigenvalue weighted by Gasteiger charge is 2.37. The molecule has 1 aliphatic heterocycles. The summed E-state index contributed by atoms with van der Waals surface area (Å²) >= 11 is 0. The molecule has 16 nitrogen and oxygen atoms in total. The highest BCUT2D eigenvalue weighted by Crippen LogP contribution is 2.21. The predicted octanol–water partition coefficient (Wildman–Crippen LogP) is 0.513. The van der Waals surface area contributed by atoms with Gasteiger partial charge >= 0.3 is 5.97 Å². The number of hydrogen-bond donors (Lipinski definition) is 7. The Morgan fingerprint density at radius 2 is 1.40 bits per heavy atom. The third-order valence-electron chi connectivity index (χ3n) is 9.44. The lowest BCUT2D eigenvalue weighted by Gasteiger charge is -2.27. The van der Waals surface area contributed by atoms with Crippen molar-refractivity contribution < 1.29 is 48.3 Å². The summed E-state index contributed by atoms with van der Waals surface area (Å²) in [6.45, 7) is 4.83. The van der Waals surface area contributed by atoms with Gasteiger partial charge in [0, 0.05) is 25.5 Å². The molecule has 0 spiro atoms. The number of carboxylic acid groups (broad SMARTS) is 1. The Morgan fingerprint density at radius 1 is 0.772 bits per heavy atom. The van der Waals surface area contributed by atoms with Gasteiger partial charge in [-0.2, -0.15) is 0 Å². The number of benzene rings is 2. The predicted molar refractivity (Wildman–Crippen MR) is 207 cm³/mol. The van der Waals surface area contributed by atoms with E-state index in [1.807, 2.05) is 13.8 Å². The van der Waals surface area contributed by atoms with Crippen molar-refractivity contribution >= 4 is 41.4 Å². The second kappa shape index (κ2) is 20.6. The Labute approximate surface area is 331 Å². The number of phenols is 1. The minimum absolute atomic E-state index is 0.00540. The maximum atomic E-state index is 13.7. The lowest BCUT2D eigenvalue weighted by Crippen LogP contribution is -2.57. The highest BCUT2D eigenvalue weighted by atomic mass is 16.4. The van der Waals surface area contributed by atoms with Gasteiger partial charge in [0.25, 0.3) is 5.91 Å². The number of carbonyl (C=O) groups is 7. The van der Waals surface area contributed by atoms with Gasteiger partial charge in [0.1, 0.15) is 48.6 Å². The van der Waals surface area contributed by atoms with Gasteiger partial charge in [-0.05, 0) is 61.4 Å². The summed E-state index contributed by atoms with van der Waals surface area (Å²) in [6.07, 6.45) is 4.65. The number of nitrogens with zero attached hydrogens (tertiary/aromatic N) is 2. The second-order valence-electron chi connectivity index (χ2n) is 14.6. The molecule has 2 heterocycles. The van der Waals surface area contributed by atoms with Crippen molar-refractivity contribution in [2.24, 2.45) is 13.0 Å². The van der Waals surface area contributed by atoms with E-state index in [0.717, 1.165) is 0 Å². The minimum atomic E-state index is -1.21. The van der Waals surface area contributed by atoms with Crippen LogP contribution in [0.15, 0.2) is 79.1 Å². The Hall–Kier alpha value is -6.32. The van der Waals surface area contributed by atoms with Crippen molar-refractivity contribution in [3.05, 3.63) is 95.8 Å². The summed E-state index contributed by atoms with van der Waals surface area (Å²) in [5.74, 6) is -4.95. The van der Waals surface area contributed by atoms with E-state index in [1.54, 1.807) is 78.6 Å². The van der Waals surface area contributed by atoms with Crippen LogP contribution in [-0.2, 0) is 48.7 Å². The first-order chi connectivity index (χ1) is 27.1. The molecule has 4 rings (SSSR count). The van der Waals surface area contributed by atoms with Gasteiger partial charge in [-0.1, -0.05) is 56.3 Å². The Bertz CT molecular complexity index is 1910. The monoisotopic (exact) mass is 786 g/mol. The number of pyridine rings is 1. The molecule has 5 atom stereocenters. The van der Waals surface area contributed by atoms with E-state index in [9.17, 15) is 43.8 Å². The smallest absolute Gasteiger partial charge is 0.326 e. The van der Waals surface area contributed by atoms with Crippen LogP contribution in [0, 0.1) is 5.92 Å². The molecular weight excluding hydrogens is 734 g/mol. The number of phenolic OH excluding ortho intramolecular Hbond substituents is 1. The second-order valence-corrected chi connectivity index (χ2v) is 14.6. The number of hydrogen-bond acceptors (Lipinski definition) is 8. The summed E-state index contributed by atoms with van der Waals surface area (Å²) in [7, 11) is 1.78. The molecule has 0 unspecified atom stereocenters. The third-order valence-corrected chi connectivity index (χ3v) is 9.44. The standard InChI is InChI=1S/C41H51N7O9/c1-25(2)20-33(41(56)57)46-38(53)31(21-27-10-6-5-7-11-27)44-35(50)23-42-36(51)26(3)43-37(52)32(22-28-14-16-30(49)17-15-28)45-39(54)34-13-9-19-48(34)40(55)29-12-8-18-47(4)24-29/h5-8,10-12,14-18,24-26,31-34H,9,13,19-23H2,1-4H3,(H6-,42,43,44,45,46,49,50,51,52,53,54,56,57)/p+1/t26-,31+,32+,33-,34+/m1/s1. The Morgan fingerprint density at radius 3 is 2.04 bits per heavy atom. The van der Waals surface area contributed by atoms with Crippen LogP contribution in [-0.4, -0.2) is 99.8 Å². The molecule has 7 N–H and O–H groups in total. The largest absolute Gasteiger partial charge is 0.508 e. The molecule has 1 fully saturated rings. The van der Waals surface area contributed by atoms with Crippen molar-refractivity contribution in [2.75, 3.05) is 13.1 Å². The number of carbonyl (C=O) groups excluding carboxylic acids is 6. The number of likely N-dealkylation sites (tertiary alicyclic amines) is 1. The molecule has 3 aromatic rings. The van der Waals surface area contributed by atoms with Crippen molar-refractivity contribution in [3.8, 4) is 5.75 Å². The molecule has 0 radical (unpaired) electrons. The molecule has 16 heteroatoms. The van der Waals surface area contributed by atoms with E-state index in [4.69, 9.17) is 0 Å². The quantitative estimate of drug-likeness (QED) is 0.0891. The molecule has 57 heavy (non-hydrogen) atoms. The van der Waals surface area contributed by atoms with Crippen LogP contribution >= 0.6 is 0 Å². The summed E-state index contributed by atoms with van der Waals surface area (Å²) in [6, 6.07) is 12.8. The zero-order valence-corrected chi connectivity index (χ0v) is 32.6. The first kappa shape index (κ1) is 43.4. The molecule has 1 saturated heterocycles. The topological polar surface area (TPSA) is 227 Å². The van der Waals surface area contributed by atoms with E-state index >= 15 is 0 Å². The van der Waals surface area contributed by atoms with Gasteiger partial charge in [0.05, 0.1) is 6.54 Å². The highest BCUT2D eigenvalue weighted by molar-refractivity contribution is 5.99. The molecule has 304 valence electrons. The summed E-state index contributed by atoms with van der Waals surface area (Å²) in [5, 5.41) is 32.3. The first-order valence-corrected chi connectivity index (χ1v) is 18.9. The fraction of sp³-hybridized carbons (Fsp3) is 0.415. The molecule has 6 amide bonds. The SMILES string of the molecule is CC(C)C[C@@H](NC(=O)[C@H](Cc1ccccc1)NC(=O)CNC(=O)[C@@H](C)NC(=O)[C@H](Cc1ccc(O)cc1)NC(=O)[C@@H]1CCCN1C(=O)c1ccc[n+](C)c1)C(=O)O. The van der Waals surface area contributed by atoms with Crippen LogP contribution < -0.4 is 31.2 Å². The normalized spacial score (nSPS) is 15.7. The maximum Gasteiger partial charge on any atom is 0.326 e. The number of aromatic hydroxyl groups is 1. The van der Waals surface area contributed by atoms with Crippen LogP contribution in [0.1, 0.15) is 61.5 Å². The van der Waals surface area contributed by atoms with Gasteiger partial charge in [-0.25, -0.2) is 9.36 Å². The van der Waals surface area contributed by atoms with Gasteiger partial charge in [0.15, 0.2) is 12.4 Å². The van der Waals surface area contributed by atoms with E-state index < -0.39 is 72.3 Å². The molecular formula is C41H52N7O9+. The van der Waals surface area contributed by atoms with Gasteiger partial charge in [-0.3, -0.25) is 28.8 Å². The number of aliphatic carboxylic acids is 1. The number of amides is 6. The number of nitrogens with one attached hydrogen (secondary N) is 5. The number of carboxylic acids is 1. The van der Waals surface area contributed by atoms with Crippen molar-refractivity contribution in [1.29, 1.82) is 0 Å². The van der Waals surface area contributed by atoms with Crippen LogP contribution in [0.4, 0.5) is 0 Å². The van der Waals surface area contributed by atoms with Gasteiger partial charge < -0.3 is 41.7 Å². The zero-order valence-electron chi connectivity index (χ0n) is 32.6. The van der Waals surface area contributed by atoms with Crippen molar-refractivity contribution in [3.63, 3.8) is 0 Å². The molecule has 0 saturated carbocycles. The number of rotatable bonds is 18. The number of aryl methyl sites for hydroxylation is 1. The van der Waals surface area contributed by atoms with Crippen molar-refractivity contribution in [1.82, 2.24) is 31.5 Å². The molecule has 0 bridgehead atoms. The van der Waals surface area contributed by atoms with Crippen LogP contribution in [0.3, 0.4) is 0 Å². The minimum Gasteiger partial charge on any atom is -0.508 e. The average Bonchev–Trinajstić information content (AvgIpc) is 3.67. The third kappa shape index (κ3) is 13.1. The average molecular weight is 787 g/mol. The van der Waals surface area contributed by atoms with Gasteiger partial charge in [0.2, 0.25) is 29.5 Å². The van der Waals surface area contributed by atoms with Crippen molar-refractivity contribution in [2.45, 2.75) is 83.1 Å². The van der Waals surface area contributed by atoms with E-state index in [0.29, 0.717) is 36.1 Å². The van der Waals surface area contributed by atoms with Crippen LogP contribution in [0.5, 0.6) is 5.75 Å². The molecule has 1 aliphatic rings. The van der Waals surface area contributed by atoms with E-state index in [2.05, 4.69) is 26.6 Å². The van der Waals surface area contributed by atoms with Crippen LogP contribution in [0.25, 0.3) is 0 Å². The summed E-state index contributed by atoms with van der Waals surface area (Å²) < 4.78 is 1.73. The van der Waals surface area contributed by atoms with E-state index in [1.165, 1.54) is 24.0 Å². The van der Waals surface area contributed by atoms with E-state index in [-0.39, 0.29) is 36.8 Å². The fourth-order valence-electron chi connectivity index (χ4n) is 6.48. The zero-order chi connectivity index (χ0) is 41.6. The summed E-state index contributed by atoms with van der Waals surface area (Å²) in [5.41, 5.74) is 1.72. The molecule has 2 aromatic carbocycles. The molecule has 0 aliphatic carbocycles. The van der Waals surface area contributed by atoms with Gasteiger partial charge in [-0.15, -0.1) is 0 Å². The maximum absolute atomic E-state index is 13.7. The fourth-order valence-corrected chi connectivity index (χ4v) is 6.48. The molecule has 1 aromatic heterocycles. The number of aromatic nitrogens is 1. The Balaban J connectivity index is 1.40.